The van der Waals surface area contributed by atoms with Crippen molar-refractivity contribution in [2.75, 3.05) is 18.0 Å². The molecule has 0 unspecified atom stereocenters. The van der Waals surface area contributed by atoms with Crippen molar-refractivity contribution >= 4 is 22.7 Å². The van der Waals surface area contributed by atoms with Crippen LogP contribution in [0.3, 0.4) is 0 Å². The molecule has 0 saturated carbocycles. The predicted octanol–water partition coefficient (Wildman–Crippen LogP) is 4.90. The van der Waals surface area contributed by atoms with E-state index in [4.69, 9.17) is 4.74 Å². The molecular weight excluding hydrogens is 374 g/mol. The molecule has 0 radical (unpaired) electrons. The summed E-state index contributed by atoms with van der Waals surface area (Å²) in [6, 6.07) is 22.6. The maximum Gasteiger partial charge on any atom is 0.339 e. The summed E-state index contributed by atoms with van der Waals surface area (Å²) in [5.74, 6) is 0.668. The topological polar surface area (TPSA) is 58.2 Å². The van der Waals surface area contributed by atoms with E-state index in [2.05, 4.69) is 57.3 Å². The molecule has 1 fully saturated rings. The highest BCUT2D eigenvalue weighted by atomic mass is 16.6. The Balaban J connectivity index is 1.23. The number of carbonyl (C=O) groups excluding carboxylic acids is 1. The highest BCUT2D eigenvalue weighted by molar-refractivity contribution is 5.94. The Bertz CT molecular complexity index is 1270. The Morgan fingerprint density at radius 1 is 0.933 bits per heavy atom. The lowest BCUT2D eigenvalue weighted by Crippen LogP contribution is -2.43. The van der Waals surface area contributed by atoms with Crippen LogP contribution in [0, 0.1) is 0 Å². The zero-order chi connectivity index (χ0) is 20.1. The molecule has 148 valence electrons. The van der Waals surface area contributed by atoms with Crippen molar-refractivity contribution in [2.45, 2.75) is 18.4 Å². The van der Waals surface area contributed by atoms with Crippen molar-refractivity contribution < 1.29 is 9.53 Å². The van der Waals surface area contributed by atoms with Gasteiger partial charge < -0.3 is 14.6 Å². The highest BCUT2D eigenvalue weighted by Gasteiger charge is 2.47. The number of aromatic nitrogens is 2. The van der Waals surface area contributed by atoms with E-state index >= 15 is 0 Å². The molecule has 3 aromatic carbocycles. The minimum Gasteiger partial charge on any atom is -0.450 e. The number of nitrogens with one attached hydrogen (secondary N) is 1. The Kier molecular flexibility index (Phi) is 3.72. The molecule has 0 aliphatic carbocycles. The predicted molar refractivity (Wildman–Crippen MR) is 117 cm³/mol. The Morgan fingerprint density at radius 2 is 1.70 bits per heavy atom. The zero-order valence-corrected chi connectivity index (χ0v) is 16.5. The number of anilines is 1. The van der Waals surface area contributed by atoms with Crippen LogP contribution in [0.5, 0.6) is 0 Å². The van der Waals surface area contributed by atoms with Crippen LogP contribution in [0.25, 0.3) is 22.0 Å². The minimum absolute atomic E-state index is 0.198. The molecule has 4 aromatic rings. The van der Waals surface area contributed by atoms with Crippen LogP contribution in [0.1, 0.15) is 28.8 Å². The van der Waals surface area contributed by atoms with Crippen molar-refractivity contribution in [3.05, 3.63) is 84.1 Å². The molecule has 1 aromatic heterocycles. The number of nitrogens with zero attached hydrogens (tertiary/aromatic N) is 2. The van der Waals surface area contributed by atoms with Gasteiger partial charge in [0.1, 0.15) is 5.60 Å². The van der Waals surface area contributed by atoms with Gasteiger partial charge in [-0.1, -0.05) is 54.6 Å². The first kappa shape index (κ1) is 17.3. The van der Waals surface area contributed by atoms with E-state index in [1.54, 1.807) is 0 Å². The number of hydrogen-bond acceptors (Lipinski definition) is 4. The molecule has 2 aliphatic rings. The number of piperidine rings is 1. The molecule has 5 nitrogen and oxygen atoms in total. The molecule has 30 heavy (non-hydrogen) atoms. The van der Waals surface area contributed by atoms with Crippen LogP contribution in [0.2, 0.25) is 0 Å². The first-order valence-electron chi connectivity index (χ1n) is 10.3. The summed E-state index contributed by atoms with van der Waals surface area (Å²) < 4.78 is 5.86. The van der Waals surface area contributed by atoms with Gasteiger partial charge in [0.05, 0.1) is 17.5 Å². The van der Waals surface area contributed by atoms with Crippen LogP contribution in [-0.4, -0.2) is 29.0 Å². The lowest BCUT2D eigenvalue weighted by Gasteiger charge is -2.38. The van der Waals surface area contributed by atoms with E-state index in [-0.39, 0.29) is 5.97 Å². The maximum atomic E-state index is 12.3. The second-order valence-corrected chi connectivity index (χ2v) is 8.10. The molecule has 3 heterocycles. The van der Waals surface area contributed by atoms with Gasteiger partial charge in [-0.2, -0.15) is 0 Å². The van der Waals surface area contributed by atoms with Crippen LogP contribution in [-0.2, 0) is 10.3 Å². The van der Waals surface area contributed by atoms with Gasteiger partial charge in [-0.15, -0.1) is 0 Å². The van der Waals surface area contributed by atoms with Gasteiger partial charge in [0, 0.05) is 37.1 Å². The first-order chi connectivity index (χ1) is 14.7. The van der Waals surface area contributed by atoms with Crippen molar-refractivity contribution in [3.8, 4) is 11.3 Å². The average molecular weight is 395 g/mol. The number of esters is 1. The monoisotopic (exact) mass is 395 g/mol. The number of fused-ring (bicyclic) bond motifs is 3. The summed E-state index contributed by atoms with van der Waals surface area (Å²) in [6.45, 7) is 1.57. The molecule has 5 heteroatoms. The van der Waals surface area contributed by atoms with Gasteiger partial charge >= 0.3 is 5.97 Å². The van der Waals surface area contributed by atoms with E-state index in [0.717, 1.165) is 48.7 Å². The number of ether oxygens (including phenoxy) is 1. The Hall–Kier alpha value is -3.60. The van der Waals surface area contributed by atoms with Gasteiger partial charge in [0.25, 0.3) is 0 Å². The largest absolute Gasteiger partial charge is 0.450 e. The standard InChI is InChI=1S/C25H21N3O2/c29-23-20-7-3-4-8-21(20)25(30-23)11-13-28(14-12-25)24-26-16-22(27-24)19-10-9-17-5-1-2-6-18(17)15-19/h1-10,15-16H,11-14H2,(H,26,27). The Labute approximate surface area is 174 Å². The van der Waals surface area contributed by atoms with Crippen molar-refractivity contribution in [1.82, 2.24) is 9.97 Å². The van der Waals surface area contributed by atoms with Gasteiger partial charge in [0.15, 0.2) is 0 Å². The number of rotatable bonds is 2. The highest BCUT2D eigenvalue weighted by Crippen LogP contribution is 2.44. The number of benzene rings is 3. The zero-order valence-electron chi connectivity index (χ0n) is 16.5. The fourth-order valence-electron chi connectivity index (χ4n) is 4.77. The van der Waals surface area contributed by atoms with Gasteiger partial charge in [-0.25, -0.2) is 9.78 Å². The lowest BCUT2D eigenvalue weighted by molar-refractivity contribution is -0.0211. The third-order valence-electron chi connectivity index (χ3n) is 6.42. The summed E-state index contributed by atoms with van der Waals surface area (Å²) in [6.07, 6.45) is 3.43. The molecule has 1 N–H and O–H groups in total. The number of H-pyrrole nitrogens is 1. The molecule has 0 bridgehead atoms. The SMILES string of the molecule is O=C1OC2(CCN(c3ncc(-c4ccc5ccccc5c4)[nH]3)CC2)c2ccccc21. The number of hydrogen-bond donors (Lipinski definition) is 1. The number of imidazole rings is 1. The van der Waals surface area contributed by atoms with E-state index in [1.807, 2.05) is 30.5 Å². The normalized spacial score (nSPS) is 17.3. The molecule has 2 aliphatic heterocycles. The molecule has 0 amide bonds. The molecule has 6 rings (SSSR count). The van der Waals surface area contributed by atoms with Gasteiger partial charge in [-0.3, -0.25) is 0 Å². The number of aromatic amines is 1. The third kappa shape index (κ3) is 2.62. The van der Waals surface area contributed by atoms with E-state index in [9.17, 15) is 4.79 Å². The van der Waals surface area contributed by atoms with Crippen LogP contribution >= 0.6 is 0 Å². The quantitative estimate of drug-likeness (QED) is 0.491. The summed E-state index contributed by atoms with van der Waals surface area (Å²) >= 11 is 0. The van der Waals surface area contributed by atoms with Crippen LogP contribution in [0.15, 0.2) is 72.9 Å². The molecule has 0 atom stereocenters. The van der Waals surface area contributed by atoms with Crippen molar-refractivity contribution in [1.29, 1.82) is 0 Å². The van der Waals surface area contributed by atoms with Crippen molar-refractivity contribution in [3.63, 3.8) is 0 Å². The van der Waals surface area contributed by atoms with E-state index in [0.29, 0.717) is 5.56 Å². The van der Waals surface area contributed by atoms with E-state index in [1.165, 1.54) is 10.8 Å². The summed E-state index contributed by atoms with van der Waals surface area (Å²) in [7, 11) is 0. The first-order valence-corrected chi connectivity index (χ1v) is 10.3. The van der Waals surface area contributed by atoms with E-state index < -0.39 is 5.60 Å². The summed E-state index contributed by atoms with van der Waals surface area (Å²) in [5, 5.41) is 2.45. The lowest BCUT2D eigenvalue weighted by atomic mass is 9.84. The average Bonchev–Trinajstić information content (AvgIpc) is 3.39. The second-order valence-electron chi connectivity index (χ2n) is 8.10. The number of carbonyl (C=O) groups is 1. The molecule has 1 saturated heterocycles. The second kappa shape index (κ2) is 6.46. The Morgan fingerprint density at radius 3 is 2.57 bits per heavy atom. The molecular formula is C25H21N3O2. The van der Waals surface area contributed by atoms with Crippen molar-refractivity contribution in [2.24, 2.45) is 0 Å². The smallest absolute Gasteiger partial charge is 0.339 e. The molecule has 1 spiro atoms. The minimum atomic E-state index is -0.488. The summed E-state index contributed by atoms with van der Waals surface area (Å²) in [5.41, 5.74) is 3.39. The van der Waals surface area contributed by atoms with Crippen LogP contribution in [0.4, 0.5) is 5.95 Å². The van der Waals surface area contributed by atoms with Gasteiger partial charge in [-0.05, 0) is 22.9 Å². The summed E-state index contributed by atoms with van der Waals surface area (Å²) in [4.78, 5) is 22.6. The fraction of sp³-hybridized carbons (Fsp3) is 0.200. The maximum absolute atomic E-state index is 12.3. The third-order valence-corrected chi connectivity index (χ3v) is 6.42. The van der Waals surface area contributed by atoms with Crippen LogP contribution < -0.4 is 4.90 Å². The van der Waals surface area contributed by atoms with Gasteiger partial charge in [0.2, 0.25) is 5.95 Å². The fourth-order valence-corrected chi connectivity index (χ4v) is 4.77.